The maximum atomic E-state index is 12.7. The molecule has 1 aliphatic rings. The van der Waals surface area contributed by atoms with E-state index in [9.17, 15) is 19.4 Å². The minimum atomic E-state index is -3.77. The van der Waals surface area contributed by atoms with Crippen LogP contribution in [0.5, 0.6) is 0 Å². The van der Waals surface area contributed by atoms with Crippen molar-refractivity contribution in [1.29, 1.82) is 0 Å². The molecule has 6 nitrogen and oxygen atoms in total. The van der Waals surface area contributed by atoms with Gasteiger partial charge in [-0.3, -0.25) is 14.3 Å². The number of hydrogen-bond acceptors (Lipinski definition) is 4. The van der Waals surface area contributed by atoms with E-state index in [0.29, 0.717) is 25.9 Å². The monoisotopic (exact) mass is 354 g/mol. The lowest BCUT2D eigenvalue weighted by Gasteiger charge is -2.45. The van der Waals surface area contributed by atoms with Gasteiger partial charge in [0.25, 0.3) is 0 Å². The van der Waals surface area contributed by atoms with Crippen molar-refractivity contribution in [2.45, 2.75) is 37.4 Å². The number of unbranched alkanes of at least 4 members (excludes halogenated alkanes) is 1. The van der Waals surface area contributed by atoms with Gasteiger partial charge in [0.15, 0.2) is 5.16 Å². The zero-order chi connectivity index (χ0) is 17.8. The second-order valence-electron chi connectivity index (χ2n) is 6.56. The summed E-state index contributed by atoms with van der Waals surface area (Å²) in [6.45, 7) is 2.98. The van der Waals surface area contributed by atoms with Gasteiger partial charge in [0, 0.05) is 25.3 Å². The van der Waals surface area contributed by atoms with Gasteiger partial charge in [0.1, 0.15) is 0 Å². The maximum Gasteiger partial charge on any atom is 0.320 e. The Balaban J connectivity index is 2.26. The number of rotatable bonds is 7. The third-order valence-electron chi connectivity index (χ3n) is 5.10. The lowest BCUT2D eigenvalue weighted by Crippen LogP contribution is -2.54. The average Bonchev–Trinajstić information content (AvgIpc) is 2.56. The summed E-state index contributed by atoms with van der Waals surface area (Å²) in [5, 5.41) is 8.21. The zero-order valence-electron chi connectivity index (χ0n) is 14.1. The minimum Gasteiger partial charge on any atom is -0.480 e. The van der Waals surface area contributed by atoms with Gasteiger partial charge in [-0.2, -0.15) is 0 Å². The molecule has 24 heavy (non-hydrogen) atoms. The highest BCUT2D eigenvalue weighted by Gasteiger charge is 2.56. The standard InChI is InChI=1S/C17H27N2O4P/c1-14(15-7-3-2-4-8-15)19-11-12-24(22,23)17(13-19,16(20)21)9-5-6-10-18/h2-4,7-8,14H,5-6,9-13,18H2,1H3,(H,20,21)(H,22,23)/t14-,17?/m0/s1. The fourth-order valence-electron chi connectivity index (χ4n) is 3.42. The highest BCUT2D eigenvalue weighted by Crippen LogP contribution is 2.59. The van der Waals surface area contributed by atoms with E-state index >= 15 is 0 Å². The SMILES string of the molecule is C[C@@H](c1ccccc1)N1CCP(=O)(O)C(CCCCN)(C(=O)O)C1. The van der Waals surface area contributed by atoms with E-state index in [1.165, 1.54) is 0 Å². The van der Waals surface area contributed by atoms with Gasteiger partial charge in [-0.05, 0) is 31.9 Å². The lowest BCUT2D eigenvalue weighted by atomic mass is 9.97. The number of aliphatic carboxylic acids is 1. The Kier molecular flexibility index (Phi) is 6.21. The first kappa shape index (κ1) is 19.1. The van der Waals surface area contributed by atoms with Crippen molar-refractivity contribution < 1.29 is 19.4 Å². The quantitative estimate of drug-likeness (QED) is 0.513. The van der Waals surface area contributed by atoms with Gasteiger partial charge in [-0.15, -0.1) is 0 Å². The molecule has 0 spiro atoms. The molecule has 0 bridgehead atoms. The second kappa shape index (κ2) is 7.79. The third kappa shape index (κ3) is 3.72. The van der Waals surface area contributed by atoms with Crippen LogP contribution in [0.15, 0.2) is 30.3 Å². The Bertz CT molecular complexity index is 610. The van der Waals surface area contributed by atoms with Gasteiger partial charge in [0.2, 0.25) is 7.37 Å². The van der Waals surface area contributed by atoms with E-state index in [0.717, 1.165) is 5.56 Å². The summed E-state index contributed by atoms with van der Waals surface area (Å²) in [6.07, 6.45) is 1.40. The molecule has 134 valence electrons. The molecule has 2 unspecified atom stereocenters. The second-order valence-corrected chi connectivity index (χ2v) is 9.27. The fraction of sp³-hybridized carbons (Fsp3) is 0.588. The molecule has 1 aromatic carbocycles. The Morgan fingerprint density at radius 1 is 1.38 bits per heavy atom. The topological polar surface area (TPSA) is 104 Å². The first-order valence-electron chi connectivity index (χ1n) is 8.38. The number of carboxylic acid groups (broad SMARTS) is 1. The summed E-state index contributed by atoms with van der Waals surface area (Å²) < 4.78 is 12.7. The number of nitrogens with two attached hydrogens (primary N) is 1. The minimum absolute atomic E-state index is 0.000247. The van der Waals surface area contributed by atoms with Crippen molar-refractivity contribution in [3.05, 3.63) is 35.9 Å². The van der Waals surface area contributed by atoms with Gasteiger partial charge >= 0.3 is 5.97 Å². The zero-order valence-corrected chi connectivity index (χ0v) is 15.0. The molecule has 0 aliphatic carbocycles. The molecule has 4 N–H and O–H groups in total. The average molecular weight is 354 g/mol. The van der Waals surface area contributed by atoms with Gasteiger partial charge in [-0.25, -0.2) is 0 Å². The molecule has 1 fully saturated rings. The van der Waals surface area contributed by atoms with E-state index in [1.54, 1.807) is 0 Å². The highest BCUT2D eigenvalue weighted by molar-refractivity contribution is 7.61. The molecule has 0 saturated carbocycles. The molecule has 0 radical (unpaired) electrons. The van der Waals surface area contributed by atoms with E-state index in [-0.39, 0.29) is 25.2 Å². The number of carbonyl (C=O) groups is 1. The molecule has 2 rings (SSSR count). The normalized spacial score (nSPS) is 29.3. The van der Waals surface area contributed by atoms with Crippen molar-refractivity contribution in [2.75, 3.05) is 25.8 Å². The number of benzene rings is 1. The fourth-order valence-corrected chi connectivity index (χ4v) is 5.58. The number of hydrogen-bond donors (Lipinski definition) is 3. The summed E-state index contributed by atoms with van der Waals surface area (Å²) in [5.74, 6) is -1.17. The van der Waals surface area contributed by atoms with Crippen molar-refractivity contribution in [3.63, 3.8) is 0 Å². The van der Waals surface area contributed by atoms with Crippen molar-refractivity contribution in [3.8, 4) is 0 Å². The van der Waals surface area contributed by atoms with Crippen LogP contribution in [0.25, 0.3) is 0 Å². The van der Waals surface area contributed by atoms with E-state index in [4.69, 9.17) is 5.73 Å². The van der Waals surface area contributed by atoms with Crippen LogP contribution in [-0.4, -0.2) is 51.8 Å². The summed E-state index contributed by atoms with van der Waals surface area (Å²) in [4.78, 5) is 24.5. The molecular formula is C17H27N2O4P. The van der Waals surface area contributed by atoms with E-state index in [1.807, 2.05) is 42.2 Å². The van der Waals surface area contributed by atoms with Crippen molar-refractivity contribution in [2.24, 2.45) is 5.73 Å². The van der Waals surface area contributed by atoms with Crippen LogP contribution in [0.4, 0.5) is 0 Å². The Morgan fingerprint density at radius 2 is 2.04 bits per heavy atom. The summed E-state index contributed by atoms with van der Waals surface area (Å²) in [7, 11) is -3.77. The highest BCUT2D eigenvalue weighted by atomic mass is 31.2. The molecule has 1 aliphatic heterocycles. The maximum absolute atomic E-state index is 12.7. The van der Waals surface area contributed by atoms with Crippen LogP contribution in [-0.2, 0) is 9.36 Å². The molecule has 1 aromatic rings. The van der Waals surface area contributed by atoms with Crippen LogP contribution in [0.3, 0.4) is 0 Å². The molecule has 3 atom stereocenters. The van der Waals surface area contributed by atoms with Crippen molar-refractivity contribution in [1.82, 2.24) is 4.90 Å². The smallest absolute Gasteiger partial charge is 0.320 e. The third-order valence-corrected chi connectivity index (χ3v) is 7.80. The number of carboxylic acids is 1. The predicted molar refractivity (Wildman–Crippen MR) is 94.4 cm³/mol. The number of nitrogens with zero attached hydrogens (tertiary/aromatic N) is 1. The van der Waals surface area contributed by atoms with Crippen molar-refractivity contribution >= 4 is 13.3 Å². The molecular weight excluding hydrogens is 327 g/mol. The first-order chi connectivity index (χ1) is 11.3. The lowest BCUT2D eigenvalue weighted by molar-refractivity contribution is -0.141. The molecule has 7 heteroatoms. The molecule has 0 amide bonds. The van der Waals surface area contributed by atoms with Crippen LogP contribution >= 0.6 is 7.37 Å². The largest absolute Gasteiger partial charge is 0.480 e. The van der Waals surface area contributed by atoms with E-state index < -0.39 is 18.5 Å². The molecule has 0 aromatic heterocycles. The van der Waals surface area contributed by atoms with Crippen LogP contribution < -0.4 is 5.73 Å². The Morgan fingerprint density at radius 3 is 2.62 bits per heavy atom. The predicted octanol–water partition coefficient (Wildman–Crippen LogP) is 2.29. The first-order valence-corrected chi connectivity index (χ1v) is 10.2. The summed E-state index contributed by atoms with van der Waals surface area (Å²) in [5.41, 5.74) is 6.57. The van der Waals surface area contributed by atoms with Crippen LogP contribution in [0.1, 0.15) is 37.8 Å². The van der Waals surface area contributed by atoms with Gasteiger partial charge in [0.05, 0.1) is 0 Å². The summed E-state index contributed by atoms with van der Waals surface area (Å²) in [6, 6.07) is 9.81. The van der Waals surface area contributed by atoms with Gasteiger partial charge in [-0.1, -0.05) is 36.8 Å². The Hall–Kier alpha value is -1.20. The molecule has 1 saturated heterocycles. The van der Waals surface area contributed by atoms with E-state index in [2.05, 4.69) is 0 Å². The molecule has 1 heterocycles. The summed E-state index contributed by atoms with van der Waals surface area (Å²) >= 11 is 0. The van der Waals surface area contributed by atoms with Gasteiger partial charge < -0.3 is 15.7 Å². The van der Waals surface area contributed by atoms with Crippen LogP contribution in [0.2, 0.25) is 0 Å². The Labute approximate surface area is 143 Å². The van der Waals surface area contributed by atoms with Crippen LogP contribution in [0, 0.1) is 0 Å².